The number of anilines is 1. The van der Waals surface area contributed by atoms with Gasteiger partial charge in [0.25, 0.3) is 10.0 Å². The summed E-state index contributed by atoms with van der Waals surface area (Å²) in [5.41, 5.74) is -0.185. The van der Waals surface area contributed by atoms with Crippen molar-refractivity contribution in [2.45, 2.75) is 31.3 Å². The van der Waals surface area contributed by atoms with Gasteiger partial charge in [0, 0.05) is 0 Å². The quantitative estimate of drug-likeness (QED) is 0.931. The van der Waals surface area contributed by atoms with Crippen LogP contribution in [0.2, 0.25) is 0 Å². The van der Waals surface area contributed by atoms with Crippen LogP contribution in [0.3, 0.4) is 0 Å². The number of hydrogen-bond acceptors (Lipinski definition) is 3. The van der Waals surface area contributed by atoms with E-state index in [9.17, 15) is 12.8 Å². The van der Waals surface area contributed by atoms with Crippen LogP contribution < -0.4 is 9.46 Å². The molecule has 1 N–H and O–H groups in total. The Balaban J connectivity index is 2.19. The van der Waals surface area contributed by atoms with Crippen LogP contribution in [0.4, 0.5) is 10.1 Å². The maximum absolute atomic E-state index is 13.1. The van der Waals surface area contributed by atoms with E-state index < -0.39 is 15.8 Å². The van der Waals surface area contributed by atoms with E-state index in [0.29, 0.717) is 5.75 Å². The Kier molecular flexibility index (Phi) is 4.42. The molecule has 0 spiro atoms. The van der Waals surface area contributed by atoms with Crippen LogP contribution in [0.25, 0.3) is 0 Å². The number of benzene rings is 2. The van der Waals surface area contributed by atoms with Gasteiger partial charge in [0.2, 0.25) is 0 Å². The Hall–Kier alpha value is -2.08. The van der Waals surface area contributed by atoms with Gasteiger partial charge in [-0.3, -0.25) is 4.72 Å². The van der Waals surface area contributed by atoms with E-state index in [1.165, 1.54) is 30.3 Å². The third kappa shape index (κ3) is 4.46. The standard InChI is InChI=1S/C16H18FNO3S/c1-16(2,3)21-14-7-9-15(10-8-14)22(19,20)18-13-6-4-5-12(17)11-13/h4-11,18H,1-3H3. The van der Waals surface area contributed by atoms with Gasteiger partial charge in [-0.2, -0.15) is 0 Å². The van der Waals surface area contributed by atoms with Gasteiger partial charge in [-0.25, -0.2) is 12.8 Å². The fraction of sp³-hybridized carbons (Fsp3) is 0.250. The lowest BCUT2D eigenvalue weighted by atomic mass is 10.2. The van der Waals surface area contributed by atoms with E-state index in [-0.39, 0.29) is 16.2 Å². The van der Waals surface area contributed by atoms with Crippen molar-refractivity contribution in [2.24, 2.45) is 0 Å². The van der Waals surface area contributed by atoms with Gasteiger partial charge in [0.1, 0.15) is 17.2 Å². The van der Waals surface area contributed by atoms with Gasteiger partial charge < -0.3 is 4.74 Å². The molecule has 0 aliphatic heterocycles. The van der Waals surface area contributed by atoms with Gasteiger partial charge in [-0.05, 0) is 63.2 Å². The van der Waals surface area contributed by atoms with Gasteiger partial charge >= 0.3 is 0 Å². The second-order valence-electron chi connectivity index (χ2n) is 5.80. The highest BCUT2D eigenvalue weighted by atomic mass is 32.2. The fourth-order valence-corrected chi connectivity index (χ4v) is 2.86. The van der Waals surface area contributed by atoms with Crippen LogP contribution in [0.1, 0.15) is 20.8 Å². The van der Waals surface area contributed by atoms with Crippen molar-refractivity contribution in [1.82, 2.24) is 0 Å². The van der Waals surface area contributed by atoms with Crippen molar-refractivity contribution in [2.75, 3.05) is 4.72 Å². The Labute approximate surface area is 130 Å². The molecule has 0 aromatic heterocycles. The summed E-state index contributed by atoms with van der Waals surface area (Å²) in [4.78, 5) is 0.0815. The van der Waals surface area contributed by atoms with Gasteiger partial charge in [-0.15, -0.1) is 0 Å². The van der Waals surface area contributed by atoms with Crippen LogP contribution in [0.5, 0.6) is 5.75 Å². The Morgan fingerprint density at radius 2 is 1.68 bits per heavy atom. The third-order valence-corrected chi connectivity index (χ3v) is 4.03. The van der Waals surface area contributed by atoms with Crippen molar-refractivity contribution >= 4 is 15.7 Å². The topological polar surface area (TPSA) is 55.4 Å². The monoisotopic (exact) mass is 323 g/mol. The largest absolute Gasteiger partial charge is 0.488 e. The number of sulfonamides is 1. The first-order valence-corrected chi connectivity index (χ1v) is 8.21. The molecule has 0 radical (unpaired) electrons. The first kappa shape index (κ1) is 16.3. The molecule has 4 nitrogen and oxygen atoms in total. The lowest BCUT2D eigenvalue weighted by molar-refractivity contribution is 0.131. The van der Waals surface area contributed by atoms with Gasteiger partial charge in [0.05, 0.1) is 10.6 Å². The molecule has 0 aliphatic carbocycles. The molecule has 2 aromatic carbocycles. The Bertz CT molecular complexity index is 750. The fourth-order valence-electron chi connectivity index (χ4n) is 1.81. The van der Waals surface area contributed by atoms with Crippen molar-refractivity contribution in [3.8, 4) is 5.75 Å². The van der Waals surface area contributed by atoms with Crippen molar-refractivity contribution in [1.29, 1.82) is 0 Å². The average molecular weight is 323 g/mol. The average Bonchev–Trinajstić information content (AvgIpc) is 2.36. The Morgan fingerprint density at radius 3 is 2.23 bits per heavy atom. The summed E-state index contributed by atoms with van der Waals surface area (Å²) in [5, 5.41) is 0. The molecule has 0 amide bonds. The highest BCUT2D eigenvalue weighted by Crippen LogP contribution is 2.22. The predicted molar refractivity (Wildman–Crippen MR) is 84.0 cm³/mol. The number of ether oxygens (including phenoxy) is 1. The smallest absolute Gasteiger partial charge is 0.261 e. The molecule has 0 bridgehead atoms. The molecule has 0 fully saturated rings. The zero-order valence-electron chi connectivity index (χ0n) is 12.6. The molecule has 0 aliphatic rings. The van der Waals surface area contributed by atoms with Crippen LogP contribution >= 0.6 is 0 Å². The second kappa shape index (κ2) is 5.96. The first-order chi connectivity index (χ1) is 10.2. The van der Waals surface area contributed by atoms with E-state index in [1.54, 1.807) is 12.1 Å². The number of halogens is 1. The summed E-state index contributed by atoms with van der Waals surface area (Å²) in [6.45, 7) is 5.72. The van der Waals surface area contributed by atoms with E-state index in [1.807, 2.05) is 20.8 Å². The first-order valence-electron chi connectivity index (χ1n) is 6.73. The lowest BCUT2D eigenvalue weighted by Gasteiger charge is -2.21. The minimum absolute atomic E-state index is 0.0815. The van der Waals surface area contributed by atoms with E-state index >= 15 is 0 Å². The summed E-state index contributed by atoms with van der Waals surface area (Å²) in [5.74, 6) is 0.0753. The molecule has 118 valence electrons. The van der Waals surface area contributed by atoms with Crippen molar-refractivity contribution < 1.29 is 17.5 Å². The summed E-state index contributed by atoms with van der Waals surface area (Å²) < 4.78 is 45.5. The van der Waals surface area contributed by atoms with Crippen molar-refractivity contribution in [3.63, 3.8) is 0 Å². The van der Waals surface area contributed by atoms with E-state index in [0.717, 1.165) is 6.07 Å². The summed E-state index contributed by atoms with van der Waals surface area (Å²) in [7, 11) is -3.76. The predicted octanol–water partition coefficient (Wildman–Crippen LogP) is 3.80. The molecule has 22 heavy (non-hydrogen) atoms. The lowest BCUT2D eigenvalue weighted by Crippen LogP contribution is -2.23. The van der Waals surface area contributed by atoms with Gasteiger partial charge in [-0.1, -0.05) is 6.07 Å². The molecular weight excluding hydrogens is 305 g/mol. The maximum Gasteiger partial charge on any atom is 0.261 e. The molecule has 6 heteroatoms. The van der Waals surface area contributed by atoms with Gasteiger partial charge in [0.15, 0.2) is 0 Å². The zero-order chi connectivity index (χ0) is 16.4. The minimum atomic E-state index is -3.76. The third-order valence-electron chi connectivity index (χ3n) is 2.63. The molecule has 2 aromatic rings. The molecule has 0 heterocycles. The van der Waals surface area contributed by atoms with Crippen LogP contribution in [0.15, 0.2) is 53.4 Å². The molecule has 0 saturated heterocycles. The molecule has 0 unspecified atom stereocenters. The second-order valence-corrected chi connectivity index (χ2v) is 7.48. The SMILES string of the molecule is CC(C)(C)Oc1ccc(S(=O)(=O)Nc2cccc(F)c2)cc1. The minimum Gasteiger partial charge on any atom is -0.488 e. The van der Waals surface area contributed by atoms with E-state index in [2.05, 4.69) is 4.72 Å². The number of hydrogen-bond donors (Lipinski definition) is 1. The summed E-state index contributed by atoms with van der Waals surface area (Å²) in [6, 6.07) is 11.4. The highest BCUT2D eigenvalue weighted by molar-refractivity contribution is 7.92. The zero-order valence-corrected chi connectivity index (χ0v) is 13.4. The molecule has 0 saturated carbocycles. The normalized spacial score (nSPS) is 12.0. The summed E-state index contributed by atoms with van der Waals surface area (Å²) >= 11 is 0. The highest BCUT2D eigenvalue weighted by Gasteiger charge is 2.16. The number of nitrogens with one attached hydrogen (secondary N) is 1. The van der Waals surface area contributed by atoms with Crippen LogP contribution in [-0.4, -0.2) is 14.0 Å². The number of rotatable bonds is 4. The van der Waals surface area contributed by atoms with Crippen LogP contribution in [0, 0.1) is 5.82 Å². The molecular formula is C16H18FNO3S. The summed E-state index contributed by atoms with van der Waals surface area (Å²) in [6.07, 6.45) is 0. The molecule has 2 rings (SSSR count). The molecule has 0 atom stereocenters. The maximum atomic E-state index is 13.1. The van der Waals surface area contributed by atoms with Crippen molar-refractivity contribution in [3.05, 3.63) is 54.3 Å². The van der Waals surface area contributed by atoms with Crippen LogP contribution in [-0.2, 0) is 10.0 Å². The Morgan fingerprint density at radius 1 is 1.05 bits per heavy atom. The van der Waals surface area contributed by atoms with E-state index in [4.69, 9.17) is 4.74 Å².